The van der Waals surface area contributed by atoms with Crippen LogP contribution in [0.25, 0.3) is 0 Å². The van der Waals surface area contributed by atoms with E-state index < -0.39 is 0 Å². The fourth-order valence-corrected chi connectivity index (χ4v) is 2.52. The number of carbonyl (C=O) groups is 1. The Morgan fingerprint density at radius 1 is 1.52 bits per heavy atom. The van der Waals surface area contributed by atoms with Gasteiger partial charge in [-0.2, -0.15) is 0 Å². The van der Waals surface area contributed by atoms with Crippen LogP contribution in [0.15, 0.2) is 24.3 Å². The molecule has 6 nitrogen and oxygen atoms in total. The molecule has 1 saturated heterocycles. The first-order valence-corrected chi connectivity index (χ1v) is 8.02. The molecule has 2 atom stereocenters. The third-order valence-corrected chi connectivity index (χ3v) is 3.99. The molecule has 2 rings (SSSR count). The van der Waals surface area contributed by atoms with Crippen molar-refractivity contribution < 1.29 is 14.3 Å². The Hall–Kier alpha value is -1.63. The highest BCUT2D eigenvalue weighted by Gasteiger charge is 2.19. The summed E-state index contributed by atoms with van der Waals surface area (Å²) in [6.07, 6.45) is 0.141. The van der Waals surface area contributed by atoms with E-state index in [4.69, 9.17) is 9.47 Å². The van der Waals surface area contributed by atoms with Gasteiger partial charge in [-0.1, -0.05) is 12.1 Å². The second-order valence-electron chi connectivity index (χ2n) is 5.95. The molecule has 0 spiro atoms. The van der Waals surface area contributed by atoms with Crippen LogP contribution in [0.4, 0.5) is 0 Å². The van der Waals surface area contributed by atoms with Crippen molar-refractivity contribution in [2.75, 3.05) is 40.4 Å². The van der Waals surface area contributed by atoms with Crippen LogP contribution in [0.3, 0.4) is 0 Å². The SMILES string of the molecule is COc1cccc(CNC(=O)[C@H](C)NC[C@H]2CN(C)CCO2)c1. The van der Waals surface area contributed by atoms with Gasteiger partial charge in [0.05, 0.1) is 25.9 Å². The average molecular weight is 321 g/mol. The number of hydrogen-bond donors (Lipinski definition) is 2. The first-order chi connectivity index (χ1) is 11.1. The summed E-state index contributed by atoms with van der Waals surface area (Å²) in [5.41, 5.74) is 1.02. The number of benzene rings is 1. The smallest absolute Gasteiger partial charge is 0.237 e. The van der Waals surface area contributed by atoms with Crippen LogP contribution in [0.5, 0.6) is 5.75 Å². The van der Waals surface area contributed by atoms with Crippen LogP contribution in [0, 0.1) is 0 Å². The van der Waals surface area contributed by atoms with E-state index in [1.807, 2.05) is 31.2 Å². The van der Waals surface area contributed by atoms with Crippen molar-refractivity contribution in [2.45, 2.75) is 25.6 Å². The molecule has 0 unspecified atom stereocenters. The minimum absolute atomic E-state index is 0.0167. The molecule has 1 aliphatic heterocycles. The van der Waals surface area contributed by atoms with E-state index in [9.17, 15) is 4.79 Å². The lowest BCUT2D eigenvalue weighted by Crippen LogP contribution is -2.49. The number of nitrogens with zero attached hydrogens (tertiary/aromatic N) is 1. The van der Waals surface area contributed by atoms with E-state index in [0.717, 1.165) is 31.0 Å². The molecule has 1 fully saturated rings. The van der Waals surface area contributed by atoms with Crippen LogP contribution >= 0.6 is 0 Å². The van der Waals surface area contributed by atoms with Crippen molar-refractivity contribution in [3.05, 3.63) is 29.8 Å². The second kappa shape index (κ2) is 8.86. The van der Waals surface area contributed by atoms with Crippen LogP contribution in [0.2, 0.25) is 0 Å². The molecule has 1 aromatic carbocycles. The van der Waals surface area contributed by atoms with Gasteiger partial charge in [0.25, 0.3) is 0 Å². The molecule has 2 N–H and O–H groups in total. The summed E-state index contributed by atoms with van der Waals surface area (Å²) in [7, 11) is 3.72. The molecule has 0 aliphatic carbocycles. The molecule has 128 valence electrons. The predicted octanol–water partition coefficient (Wildman–Crippen LogP) is 0.620. The van der Waals surface area contributed by atoms with E-state index in [1.54, 1.807) is 7.11 Å². The Bertz CT molecular complexity index is 510. The molecular formula is C17H27N3O3. The third kappa shape index (κ3) is 5.82. The molecule has 0 aromatic heterocycles. The molecule has 0 bridgehead atoms. The largest absolute Gasteiger partial charge is 0.497 e. The summed E-state index contributed by atoms with van der Waals surface area (Å²) in [6, 6.07) is 7.43. The number of ether oxygens (including phenoxy) is 2. The van der Waals surface area contributed by atoms with Gasteiger partial charge in [0, 0.05) is 26.2 Å². The number of likely N-dealkylation sites (N-methyl/N-ethyl adjacent to an activating group) is 1. The number of methoxy groups -OCH3 is 1. The summed E-state index contributed by atoms with van der Waals surface area (Å²) in [5, 5.41) is 6.18. The Balaban J connectivity index is 1.71. The number of nitrogens with one attached hydrogen (secondary N) is 2. The minimum Gasteiger partial charge on any atom is -0.497 e. The van der Waals surface area contributed by atoms with Gasteiger partial charge in [-0.05, 0) is 31.7 Å². The number of morpholine rings is 1. The Kier molecular flexibility index (Phi) is 6.83. The minimum atomic E-state index is -0.253. The van der Waals surface area contributed by atoms with E-state index in [-0.39, 0.29) is 18.1 Å². The highest BCUT2D eigenvalue weighted by molar-refractivity contribution is 5.81. The van der Waals surface area contributed by atoms with E-state index in [2.05, 4.69) is 22.6 Å². The Morgan fingerprint density at radius 3 is 3.09 bits per heavy atom. The van der Waals surface area contributed by atoms with Crippen molar-refractivity contribution in [2.24, 2.45) is 0 Å². The number of rotatable bonds is 7. The van der Waals surface area contributed by atoms with Crippen molar-refractivity contribution in [1.82, 2.24) is 15.5 Å². The van der Waals surface area contributed by atoms with Gasteiger partial charge < -0.3 is 25.0 Å². The van der Waals surface area contributed by atoms with Gasteiger partial charge >= 0.3 is 0 Å². The zero-order chi connectivity index (χ0) is 16.7. The van der Waals surface area contributed by atoms with Gasteiger partial charge in [-0.15, -0.1) is 0 Å². The van der Waals surface area contributed by atoms with Crippen LogP contribution in [-0.4, -0.2) is 63.4 Å². The molecule has 0 saturated carbocycles. The van der Waals surface area contributed by atoms with E-state index in [0.29, 0.717) is 13.1 Å². The summed E-state index contributed by atoms with van der Waals surface area (Å²) < 4.78 is 10.9. The van der Waals surface area contributed by atoms with Gasteiger partial charge in [0.1, 0.15) is 5.75 Å². The lowest BCUT2D eigenvalue weighted by Gasteiger charge is -2.30. The molecule has 6 heteroatoms. The van der Waals surface area contributed by atoms with Crippen LogP contribution in [-0.2, 0) is 16.1 Å². The van der Waals surface area contributed by atoms with Crippen LogP contribution < -0.4 is 15.4 Å². The van der Waals surface area contributed by atoms with Crippen molar-refractivity contribution in [3.8, 4) is 5.75 Å². The summed E-state index contributed by atoms with van der Waals surface area (Å²) >= 11 is 0. The lowest BCUT2D eigenvalue weighted by atomic mass is 10.2. The maximum atomic E-state index is 12.2. The van der Waals surface area contributed by atoms with Crippen LogP contribution in [0.1, 0.15) is 12.5 Å². The quantitative estimate of drug-likeness (QED) is 0.771. The number of amides is 1. The summed E-state index contributed by atoms with van der Waals surface area (Å²) in [5.74, 6) is 0.776. The molecular weight excluding hydrogens is 294 g/mol. The number of hydrogen-bond acceptors (Lipinski definition) is 5. The lowest BCUT2D eigenvalue weighted by molar-refractivity contribution is -0.123. The first kappa shape index (κ1) is 17.7. The molecule has 1 aliphatic rings. The predicted molar refractivity (Wildman–Crippen MR) is 89.5 cm³/mol. The zero-order valence-electron chi connectivity index (χ0n) is 14.2. The van der Waals surface area contributed by atoms with Crippen molar-refractivity contribution in [1.29, 1.82) is 0 Å². The average Bonchev–Trinajstić information content (AvgIpc) is 2.57. The topological polar surface area (TPSA) is 62.8 Å². The zero-order valence-corrected chi connectivity index (χ0v) is 14.2. The van der Waals surface area contributed by atoms with E-state index >= 15 is 0 Å². The van der Waals surface area contributed by atoms with Gasteiger partial charge in [-0.3, -0.25) is 4.79 Å². The monoisotopic (exact) mass is 321 g/mol. The molecule has 1 heterocycles. The summed E-state index contributed by atoms with van der Waals surface area (Å²) in [4.78, 5) is 14.4. The highest BCUT2D eigenvalue weighted by Crippen LogP contribution is 2.12. The maximum absolute atomic E-state index is 12.2. The molecule has 1 amide bonds. The summed E-state index contributed by atoms with van der Waals surface area (Å²) in [6.45, 7) is 5.65. The Morgan fingerprint density at radius 2 is 2.35 bits per heavy atom. The number of carbonyl (C=O) groups excluding carboxylic acids is 1. The fourth-order valence-electron chi connectivity index (χ4n) is 2.52. The molecule has 23 heavy (non-hydrogen) atoms. The maximum Gasteiger partial charge on any atom is 0.237 e. The third-order valence-electron chi connectivity index (χ3n) is 3.99. The highest BCUT2D eigenvalue weighted by atomic mass is 16.5. The molecule has 1 aromatic rings. The fraction of sp³-hybridized carbons (Fsp3) is 0.588. The van der Waals surface area contributed by atoms with Gasteiger partial charge in [-0.25, -0.2) is 0 Å². The van der Waals surface area contributed by atoms with Crippen molar-refractivity contribution >= 4 is 5.91 Å². The molecule has 0 radical (unpaired) electrons. The second-order valence-corrected chi connectivity index (χ2v) is 5.95. The van der Waals surface area contributed by atoms with Gasteiger partial charge in [0.2, 0.25) is 5.91 Å². The normalized spacial score (nSPS) is 20.0. The Labute approximate surface area is 138 Å². The van der Waals surface area contributed by atoms with Gasteiger partial charge in [0.15, 0.2) is 0 Å². The van der Waals surface area contributed by atoms with E-state index in [1.165, 1.54) is 0 Å². The van der Waals surface area contributed by atoms with Crippen molar-refractivity contribution in [3.63, 3.8) is 0 Å². The standard InChI is InChI=1S/C17H27N3O3/c1-13(18-11-16-12-20(2)7-8-23-16)17(21)19-10-14-5-4-6-15(9-14)22-3/h4-6,9,13,16,18H,7-8,10-12H2,1-3H3,(H,19,21)/t13-,16-/m0/s1. The first-order valence-electron chi connectivity index (χ1n) is 8.02.